The van der Waals surface area contributed by atoms with E-state index in [1.165, 1.54) is 0 Å². The Balaban J connectivity index is 4.57. The van der Waals surface area contributed by atoms with Gasteiger partial charge in [0.25, 0.3) is 0 Å². The Hall–Kier alpha value is -4.19. The van der Waals surface area contributed by atoms with Gasteiger partial charge in [-0.1, -0.05) is 162 Å². The van der Waals surface area contributed by atoms with E-state index in [2.05, 4.69) is 124 Å². The molecule has 0 spiro atoms. The normalized spacial score (nSPS) is 13.3. The fourth-order valence-electron chi connectivity index (χ4n) is 5.11. The molecule has 1 unspecified atom stereocenters. The smallest absolute Gasteiger partial charge is 0.306 e. The second kappa shape index (κ2) is 43.5. The summed E-state index contributed by atoms with van der Waals surface area (Å²) in [4.78, 5) is 37.6. The summed E-state index contributed by atoms with van der Waals surface area (Å²) in [5.74, 6) is -1.09. The quantitative estimate of drug-likeness (QED) is 0.0207. The molecule has 0 bridgehead atoms. The van der Waals surface area contributed by atoms with Crippen LogP contribution in [0.25, 0.3) is 0 Å². The van der Waals surface area contributed by atoms with Gasteiger partial charge in [0.05, 0.1) is 0 Å². The molecule has 0 aliphatic carbocycles. The Morgan fingerprint density at radius 1 is 0.375 bits per heavy atom. The van der Waals surface area contributed by atoms with Gasteiger partial charge in [-0.2, -0.15) is 0 Å². The number of rotatable bonds is 36. The Kier molecular flexibility index (Phi) is 40.3. The van der Waals surface area contributed by atoms with Crippen molar-refractivity contribution in [2.75, 3.05) is 13.2 Å². The summed E-state index contributed by atoms with van der Waals surface area (Å²) >= 11 is 0. The number of ether oxygens (including phenoxy) is 3. The van der Waals surface area contributed by atoms with Crippen molar-refractivity contribution in [3.8, 4) is 0 Å². The maximum atomic E-state index is 12.7. The molecule has 0 aromatic carbocycles. The van der Waals surface area contributed by atoms with Crippen molar-refractivity contribution in [3.63, 3.8) is 0 Å². The van der Waals surface area contributed by atoms with Gasteiger partial charge in [-0.05, 0) is 96.3 Å². The van der Waals surface area contributed by atoms with Gasteiger partial charge in [0, 0.05) is 19.3 Å². The minimum atomic E-state index is -0.832. The Morgan fingerprint density at radius 3 is 1.34 bits per heavy atom. The molecule has 0 heterocycles. The van der Waals surface area contributed by atoms with Crippen LogP contribution in [0.3, 0.4) is 0 Å². The molecule has 6 nitrogen and oxygen atoms in total. The Bertz CT molecular complexity index is 1260. The van der Waals surface area contributed by atoms with Crippen LogP contribution in [-0.4, -0.2) is 37.2 Å². The van der Waals surface area contributed by atoms with Crippen molar-refractivity contribution in [1.29, 1.82) is 0 Å². The summed E-state index contributed by atoms with van der Waals surface area (Å²) in [5, 5.41) is 0. The van der Waals surface area contributed by atoms with Crippen molar-refractivity contribution in [2.45, 2.75) is 162 Å². The maximum Gasteiger partial charge on any atom is 0.306 e. The number of esters is 3. The molecular weight excluding hydrogens is 697 g/mol. The molecule has 1 atom stereocenters. The molecule has 0 amide bonds. The summed E-state index contributed by atoms with van der Waals surface area (Å²) in [6.07, 6.45) is 59.2. The molecule has 0 saturated heterocycles. The van der Waals surface area contributed by atoms with Gasteiger partial charge in [0.1, 0.15) is 13.2 Å². The zero-order valence-electron chi connectivity index (χ0n) is 35.3. The van der Waals surface area contributed by atoms with Crippen LogP contribution in [0.4, 0.5) is 0 Å². The van der Waals surface area contributed by atoms with Gasteiger partial charge in [-0.15, -0.1) is 0 Å². The highest BCUT2D eigenvalue weighted by Gasteiger charge is 2.19. The van der Waals surface area contributed by atoms with Crippen molar-refractivity contribution in [1.82, 2.24) is 0 Å². The molecule has 0 saturated carbocycles. The molecule has 0 fully saturated rings. The lowest BCUT2D eigenvalue weighted by atomic mass is 10.1. The highest BCUT2D eigenvalue weighted by molar-refractivity contribution is 5.71. The van der Waals surface area contributed by atoms with E-state index < -0.39 is 6.10 Å². The third-order valence-corrected chi connectivity index (χ3v) is 8.27. The molecule has 0 aliphatic rings. The summed E-state index contributed by atoms with van der Waals surface area (Å²) < 4.78 is 16.5. The van der Waals surface area contributed by atoms with Crippen LogP contribution in [0, 0.1) is 0 Å². The summed E-state index contributed by atoms with van der Waals surface area (Å²) in [7, 11) is 0. The van der Waals surface area contributed by atoms with E-state index in [0.717, 1.165) is 103 Å². The van der Waals surface area contributed by atoms with E-state index in [-0.39, 0.29) is 44.0 Å². The molecule has 312 valence electrons. The second-order valence-electron chi connectivity index (χ2n) is 13.5. The summed E-state index contributed by atoms with van der Waals surface area (Å²) in [6.45, 7) is 6.10. The minimum absolute atomic E-state index is 0.131. The standard InChI is InChI=1S/C50H76O6/c1-4-7-10-13-16-19-21-23-24-25-27-28-31-34-37-40-43-49(52)55-46-47(45-54-48(51)42-39-36-33-30-18-15-12-9-6-3)56-50(53)44-41-38-35-32-29-26-22-20-17-14-11-8-5-2/h7-12,14,16-20,22-24,27-28,30,34,37,47H,4-6,13,15,21,25-26,29,31-33,35-36,38-46H2,1-3H3/b10-7-,11-8-,12-9-,17-14-,19-16-,22-20-,24-23-,28-27-,30-18-,37-34-. The van der Waals surface area contributed by atoms with Crippen LogP contribution in [-0.2, 0) is 28.6 Å². The van der Waals surface area contributed by atoms with Gasteiger partial charge in [-0.25, -0.2) is 0 Å². The SMILES string of the molecule is CC\C=C/C=C\C=C/CCCCCCCC(=O)OC(COC(=O)CC/C=C\C/C=C\C/C=C\C/C=C\C/C=C\CC)COC(=O)CCCC/C=C\C/C=C\CC. The van der Waals surface area contributed by atoms with Crippen LogP contribution in [0.5, 0.6) is 0 Å². The molecule has 0 rings (SSSR count). The lowest BCUT2D eigenvalue weighted by Gasteiger charge is -2.18. The average Bonchev–Trinajstić information content (AvgIpc) is 3.19. The first-order valence-corrected chi connectivity index (χ1v) is 21.6. The van der Waals surface area contributed by atoms with Gasteiger partial charge < -0.3 is 14.2 Å². The first kappa shape index (κ1) is 51.8. The number of hydrogen-bond donors (Lipinski definition) is 0. The Labute approximate surface area is 342 Å². The van der Waals surface area contributed by atoms with Crippen LogP contribution in [0.2, 0.25) is 0 Å². The van der Waals surface area contributed by atoms with Crippen molar-refractivity contribution >= 4 is 17.9 Å². The fourth-order valence-corrected chi connectivity index (χ4v) is 5.11. The van der Waals surface area contributed by atoms with Crippen molar-refractivity contribution < 1.29 is 28.6 Å². The van der Waals surface area contributed by atoms with Crippen LogP contribution >= 0.6 is 0 Å². The number of allylic oxidation sites excluding steroid dienone is 20. The third kappa shape index (κ3) is 41.0. The van der Waals surface area contributed by atoms with Crippen molar-refractivity contribution in [3.05, 3.63) is 122 Å². The zero-order chi connectivity index (χ0) is 40.8. The average molecular weight is 773 g/mol. The second-order valence-corrected chi connectivity index (χ2v) is 13.5. The van der Waals surface area contributed by atoms with Gasteiger partial charge in [0.2, 0.25) is 0 Å². The summed E-state index contributed by atoms with van der Waals surface area (Å²) in [5.41, 5.74) is 0. The van der Waals surface area contributed by atoms with E-state index in [1.807, 2.05) is 18.2 Å². The fraction of sp³-hybridized carbons (Fsp3) is 0.540. The minimum Gasteiger partial charge on any atom is -0.462 e. The van der Waals surface area contributed by atoms with E-state index in [1.54, 1.807) is 0 Å². The predicted molar refractivity (Wildman–Crippen MR) is 237 cm³/mol. The largest absolute Gasteiger partial charge is 0.462 e. The molecule has 0 aromatic heterocycles. The molecule has 0 aromatic rings. The third-order valence-electron chi connectivity index (χ3n) is 8.27. The number of unbranched alkanes of at least 4 members (excludes halogenated alkanes) is 7. The maximum absolute atomic E-state index is 12.7. The highest BCUT2D eigenvalue weighted by Crippen LogP contribution is 2.11. The Morgan fingerprint density at radius 2 is 0.768 bits per heavy atom. The summed E-state index contributed by atoms with van der Waals surface area (Å²) in [6, 6.07) is 0. The zero-order valence-corrected chi connectivity index (χ0v) is 35.3. The number of hydrogen-bond acceptors (Lipinski definition) is 6. The number of carbonyl (C=O) groups excluding carboxylic acids is 3. The van der Waals surface area contributed by atoms with Crippen LogP contribution in [0.1, 0.15) is 156 Å². The molecular formula is C50H76O6. The van der Waals surface area contributed by atoms with E-state index in [0.29, 0.717) is 19.3 Å². The monoisotopic (exact) mass is 773 g/mol. The van der Waals surface area contributed by atoms with Crippen LogP contribution < -0.4 is 0 Å². The lowest BCUT2D eigenvalue weighted by molar-refractivity contribution is -0.166. The topological polar surface area (TPSA) is 78.9 Å². The number of carbonyl (C=O) groups is 3. The van der Waals surface area contributed by atoms with E-state index in [4.69, 9.17) is 14.2 Å². The molecule has 0 aliphatic heterocycles. The van der Waals surface area contributed by atoms with Crippen molar-refractivity contribution in [2.24, 2.45) is 0 Å². The van der Waals surface area contributed by atoms with E-state index in [9.17, 15) is 14.4 Å². The lowest BCUT2D eigenvalue weighted by Crippen LogP contribution is -2.30. The first-order valence-electron chi connectivity index (χ1n) is 21.6. The molecule has 56 heavy (non-hydrogen) atoms. The van der Waals surface area contributed by atoms with Gasteiger partial charge in [0.15, 0.2) is 6.10 Å². The van der Waals surface area contributed by atoms with Crippen LogP contribution in [0.15, 0.2) is 122 Å². The molecule has 6 heteroatoms. The van der Waals surface area contributed by atoms with E-state index >= 15 is 0 Å². The molecule has 0 radical (unpaired) electrons. The van der Waals surface area contributed by atoms with Gasteiger partial charge in [-0.3, -0.25) is 14.4 Å². The highest BCUT2D eigenvalue weighted by atomic mass is 16.6. The van der Waals surface area contributed by atoms with Gasteiger partial charge >= 0.3 is 17.9 Å². The predicted octanol–water partition coefficient (Wildman–Crippen LogP) is 13.8. The molecule has 0 N–H and O–H groups in total. The first-order chi connectivity index (χ1) is 27.5.